The van der Waals surface area contributed by atoms with Gasteiger partial charge in [-0.05, 0) is 103 Å². The van der Waals surface area contributed by atoms with Crippen molar-refractivity contribution in [2.24, 2.45) is 0 Å². The van der Waals surface area contributed by atoms with Crippen LogP contribution in [-0.2, 0) is 18.4 Å². The smallest absolute Gasteiger partial charge is 0.268 e. The molecule has 0 fully saturated rings. The third-order valence-electron chi connectivity index (χ3n) is 13.1. The van der Waals surface area contributed by atoms with E-state index in [4.69, 9.17) is 9.05 Å². The van der Waals surface area contributed by atoms with Gasteiger partial charge in [0.05, 0.1) is 39.9 Å². The average molecular weight is 1080 g/mol. The molecule has 0 aliphatic carbocycles. The fourth-order valence-electron chi connectivity index (χ4n) is 8.34. The van der Waals surface area contributed by atoms with E-state index in [-0.39, 0.29) is 12.5 Å². The predicted octanol–water partition coefficient (Wildman–Crippen LogP) is 18.7. The molecule has 0 spiro atoms. The molecule has 0 heterocycles. The molecule has 436 valence electrons. The van der Waals surface area contributed by atoms with Crippen LogP contribution in [-0.4, -0.2) is 68.5 Å². The fourth-order valence-corrected chi connectivity index (χ4v) is 9.06. The van der Waals surface area contributed by atoms with E-state index in [1.165, 1.54) is 122 Å². The molecule has 0 saturated heterocycles. The Morgan fingerprint density at radius 3 is 1.22 bits per heavy atom. The molecule has 0 aromatic heterocycles. The van der Waals surface area contributed by atoms with Crippen LogP contribution >= 0.6 is 7.82 Å². The Hall–Kier alpha value is -3.10. The second-order valence-corrected chi connectivity index (χ2v) is 23.1. The van der Waals surface area contributed by atoms with Gasteiger partial charge >= 0.3 is 0 Å². The van der Waals surface area contributed by atoms with Crippen LogP contribution in [0.5, 0.6) is 0 Å². The second-order valence-electron chi connectivity index (χ2n) is 21.7. The van der Waals surface area contributed by atoms with E-state index in [2.05, 4.69) is 129 Å². The van der Waals surface area contributed by atoms with Gasteiger partial charge in [-0.2, -0.15) is 0 Å². The summed E-state index contributed by atoms with van der Waals surface area (Å²) in [5.41, 5.74) is 0. The van der Waals surface area contributed by atoms with E-state index in [1.54, 1.807) is 6.08 Å². The van der Waals surface area contributed by atoms with Gasteiger partial charge in [0.1, 0.15) is 13.2 Å². The molecule has 1 amide bonds. The van der Waals surface area contributed by atoms with Gasteiger partial charge in [0, 0.05) is 6.42 Å². The number of aliphatic hydroxyl groups is 1. The first kappa shape index (κ1) is 72.9. The zero-order chi connectivity index (χ0) is 55.6. The normalized spacial score (nSPS) is 14.7. The Morgan fingerprint density at radius 2 is 0.816 bits per heavy atom. The number of unbranched alkanes of at least 4 members (excludes halogenated alkanes) is 24. The van der Waals surface area contributed by atoms with Crippen molar-refractivity contribution in [3.8, 4) is 0 Å². The minimum atomic E-state index is -4.62. The summed E-state index contributed by atoms with van der Waals surface area (Å²) < 4.78 is 23.4. The third kappa shape index (κ3) is 58.6. The minimum absolute atomic E-state index is 0.0180. The summed E-state index contributed by atoms with van der Waals surface area (Å²) in [5, 5.41) is 13.9. The number of phosphoric ester groups is 1. The maximum Gasteiger partial charge on any atom is 0.268 e. The molecular weight excluding hydrogens is 960 g/mol. The van der Waals surface area contributed by atoms with E-state index < -0.39 is 26.6 Å². The maximum atomic E-state index is 13.0. The molecule has 0 aliphatic rings. The molecular formula is C67H117N2O6P. The Labute approximate surface area is 469 Å². The fraction of sp³-hybridized carbons (Fsp3) is 0.687. The number of hydrogen-bond acceptors (Lipinski definition) is 6. The van der Waals surface area contributed by atoms with Crippen LogP contribution in [0, 0.1) is 0 Å². The molecule has 8 nitrogen and oxygen atoms in total. The number of carbonyl (C=O) groups is 1. The van der Waals surface area contributed by atoms with Gasteiger partial charge in [0.15, 0.2) is 0 Å². The number of aliphatic hydroxyl groups excluding tert-OH is 1. The van der Waals surface area contributed by atoms with Crippen molar-refractivity contribution in [3.05, 3.63) is 122 Å². The third-order valence-corrected chi connectivity index (χ3v) is 14.1. The number of amides is 1. The van der Waals surface area contributed by atoms with Crippen LogP contribution in [0.2, 0.25) is 0 Å². The molecule has 9 heteroatoms. The van der Waals surface area contributed by atoms with E-state index in [9.17, 15) is 19.4 Å². The second kappa shape index (κ2) is 56.6. The standard InChI is InChI=1S/C67H117N2O6P/c1-6-8-10-12-14-16-18-20-22-24-26-28-30-32-33-34-35-37-39-41-43-45-47-49-51-53-55-57-59-61-67(71)68-65(64-75-76(72,73)74-63-62-69(3,4)5)66(70)60-58-56-54-52-50-48-46-44-42-40-38-36-31-29-27-25-23-21-19-17-15-13-11-9-7-2/h8,10,14,16,20,22,26,28,32-33,35,37,41-44,50,52,58,60,65-66,70H,6-7,9,11-13,15,17-19,21,23-25,27,29-31,34,36,38-40,45-49,51,53-57,59,61-64H2,1-5H3,(H-,68,71,72,73)/b10-8-,16-14-,22-20-,28-26-,33-32-,37-35-,43-41-,44-42+,52-50+,60-58+. The number of hydrogen-bond donors (Lipinski definition) is 2. The number of likely N-dealkylation sites (N-methyl/N-ethyl adjacent to an activating group) is 1. The molecule has 0 rings (SSSR count). The Kier molecular flexibility index (Phi) is 54.3. The number of carbonyl (C=O) groups excluding carboxylic acids is 1. The molecule has 0 aromatic carbocycles. The number of allylic oxidation sites excluding steroid dienone is 19. The highest BCUT2D eigenvalue weighted by Gasteiger charge is 2.23. The Balaban J connectivity index is 4.31. The summed E-state index contributed by atoms with van der Waals surface area (Å²) >= 11 is 0. The first-order chi connectivity index (χ1) is 37.0. The highest BCUT2D eigenvalue weighted by molar-refractivity contribution is 7.45. The Bertz CT molecular complexity index is 1650. The number of nitrogens with one attached hydrogen (secondary N) is 1. The van der Waals surface area contributed by atoms with Gasteiger partial charge in [-0.3, -0.25) is 9.36 Å². The van der Waals surface area contributed by atoms with Crippen LogP contribution in [0.15, 0.2) is 122 Å². The van der Waals surface area contributed by atoms with Gasteiger partial charge in [0.2, 0.25) is 5.91 Å². The van der Waals surface area contributed by atoms with E-state index in [0.717, 1.165) is 103 Å². The largest absolute Gasteiger partial charge is 0.756 e. The van der Waals surface area contributed by atoms with Crippen LogP contribution in [0.1, 0.15) is 245 Å². The molecule has 3 unspecified atom stereocenters. The monoisotopic (exact) mass is 1080 g/mol. The van der Waals surface area contributed by atoms with Crippen LogP contribution in [0.4, 0.5) is 0 Å². The quantitative estimate of drug-likeness (QED) is 0.0272. The highest BCUT2D eigenvalue weighted by atomic mass is 31.2. The predicted molar refractivity (Wildman–Crippen MR) is 329 cm³/mol. The van der Waals surface area contributed by atoms with E-state index in [0.29, 0.717) is 17.4 Å². The van der Waals surface area contributed by atoms with Gasteiger partial charge in [-0.15, -0.1) is 0 Å². The van der Waals surface area contributed by atoms with E-state index in [1.807, 2.05) is 27.2 Å². The van der Waals surface area contributed by atoms with Gasteiger partial charge < -0.3 is 28.8 Å². The lowest BCUT2D eigenvalue weighted by molar-refractivity contribution is -0.870. The molecule has 0 aliphatic heterocycles. The lowest BCUT2D eigenvalue weighted by Gasteiger charge is -2.29. The Morgan fingerprint density at radius 1 is 0.474 bits per heavy atom. The lowest BCUT2D eigenvalue weighted by Crippen LogP contribution is -2.45. The summed E-state index contributed by atoms with van der Waals surface area (Å²) in [5.74, 6) is -0.227. The number of rotatable bonds is 55. The summed E-state index contributed by atoms with van der Waals surface area (Å²) in [4.78, 5) is 25.5. The van der Waals surface area contributed by atoms with Crippen molar-refractivity contribution in [2.75, 3.05) is 40.9 Å². The molecule has 3 atom stereocenters. The van der Waals surface area contributed by atoms with Gasteiger partial charge in [-0.25, -0.2) is 0 Å². The molecule has 0 radical (unpaired) electrons. The van der Waals surface area contributed by atoms with Gasteiger partial charge in [0.25, 0.3) is 7.82 Å². The van der Waals surface area contributed by atoms with Crippen LogP contribution < -0.4 is 10.2 Å². The zero-order valence-corrected chi connectivity index (χ0v) is 50.6. The highest BCUT2D eigenvalue weighted by Crippen LogP contribution is 2.38. The van der Waals surface area contributed by atoms with Gasteiger partial charge in [-0.1, -0.05) is 257 Å². The first-order valence-electron chi connectivity index (χ1n) is 30.9. The molecule has 0 aromatic rings. The van der Waals surface area contributed by atoms with Crippen LogP contribution in [0.3, 0.4) is 0 Å². The zero-order valence-electron chi connectivity index (χ0n) is 49.7. The van der Waals surface area contributed by atoms with Crippen molar-refractivity contribution in [3.63, 3.8) is 0 Å². The van der Waals surface area contributed by atoms with Crippen molar-refractivity contribution in [1.82, 2.24) is 5.32 Å². The summed E-state index contributed by atoms with van der Waals surface area (Å²) in [7, 11) is 1.21. The molecule has 0 saturated carbocycles. The van der Waals surface area contributed by atoms with Crippen molar-refractivity contribution >= 4 is 13.7 Å². The van der Waals surface area contributed by atoms with Crippen molar-refractivity contribution in [1.29, 1.82) is 0 Å². The average Bonchev–Trinajstić information content (AvgIpc) is 3.38. The van der Waals surface area contributed by atoms with Crippen molar-refractivity contribution in [2.45, 2.75) is 257 Å². The topological polar surface area (TPSA) is 108 Å². The molecule has 2 N–H and O–H groups in total. The van der Waals surface area contributed by atoms with Crippen molar-refractivity contribution < 1.29 is 32.9 Å². The molecule has 76 heavy (non-hydrogen) atoms. The summed E-state index contributed by atoms with van der Waals surface area (Å²) in [6.07, 6.45) is 84.3. The number of phosphoric acid groups is 1. The SMILES string of the molecule is CC/C=C\C/C=C\C/C=C\C/C=C\C/C=C\C/C=C\C/C=C\CCCCCCCCCC(=O)NC(COP(=O)([O-])OCC[N+](C)(C)C)C(O)/C=C/CC/C=C/CC/C=C/CCCCCCCCCCCCCCCCC. The van der Waals surface area contributed by atoms with E-state index >= 15 is 0 Å². The maximum absolute atomic E-state index is 13.0. The molecule has 0 bridgehead atoms. The lowest BCUT2D eigenvalue weighted by atomic mass is 10.0. The number of quaternary nitrogens is 1. The summed E-state index contributed by atoms with van der Waals surface area (Å²) in [6.45, 7) is 4.50. The first-order valence-corrected chi connectivity index (χ1v) is 32.4. The minimum Gasteiger partial charge on any atom is -0.756 e. The number of nitrogens with zero attached hydrogens (tertiary/aromatic N) is 1. The summed E-state index contributed by atoms with van der Waals surface area (Å²) in [6, 6.07) is -0.926. The van der Waals surface area contributed by atoms with Crippen LogP contribution in [0.25, 0.3) is 0 Å².